The van der Waals surface area contributed by atoms with Crippen molar-refractivity contribution in [3.8, 4) is 5.75 Å². The number of rotatable bonds is 4. The molecule has 0 radical (unpaired) electrons. The van der Waals surface area contributed by atoms with E-state index in [0.29, 0.717) is 0 Å². The third-order valence-corrected chi connectivity index (χ3v) is 2.81. The predicted octanol–water partition coefficient (Wildman–Crippen LogP) is 2.72. The van der Waals surface area contributed by atoms with E-state index in [1.165, 1.54) is 0 Å². The monoisotopic (exact) mass is 197 g/mol. The Kier molecular flexibility index (Phi) is 3.51. The maximum atomic E-state index is 5.96. The second-order valence-corrected chi connectivity index (χ2v) is 4.10. The van der Waals surface area contributed by atoms with Crippen molar-refractivity contribution in [3.05, 3.63) is 28.5 Å². The molecule has 0 saturated heterocycles. The molecule has 1 atom stereocenters. The summed E-state index contributed by atoms with van der Waals surface area (Å²) in [5.41, 5.74) is 7.07. The van der Waals surface area contributed by atoms with E-state index in [4.69, 9.17) is 10.5 Å². The number of ether oxygens (including phenoxy) is 1. The van der Waals surface area contributed by atoms with Crippen molar-refractivity contribution in [2.75, 3.05) is 7.11 Å². The third kappa shape index (κ3) is 2.86. The molecule has 1 unspecified atom stereocenters. The molecule has 0 spiro atoms. The van der Waals surface area contributed by atoms with E-state index in [9.17, 15) is 0 Å². The highest BCUT2D eigenvalue weighted by molar-refractivity contribution is 7.10. The average molecular weight is 197 g/mol. The van der Waals surface area contributed by atoms with Crippen LogP contribution in [0.2, 0.25) is 0 Å². The number of methoxy groups -OCH3 is 1. The van der Waals surface area contributed by atoms with Crippen LogP contribution in [0.5, 0.6) is 5.75 Å². The van der Waals surface area contributed by atoms with Crippen LogP contribution < -0.4 is 10.5 Å². The lowest BCUT2D eigenvalue weighted by Crippen LogP contribution is -2.08. The minimum absolute atomic E-state index is 0.0615. The Labute approximate surface area is 83.0 Å². The summed E-state index contributed by atoms with van der Waals surface area (Å²) in [4.78, 5) is 1.15. The molecular formula is C10H15NOS. The molecule has 0 aliphatic heterocycles. The first kappa shape index (κ1) is 10.3. The Morgan fingerprint density at radius 2 is 2.46 bits per heavy atom. The van der Waals surface area contributed by atoms with Crippen LogP contribution in [0.25, 0.3) is 0 Å². The van der Waals surface area contributed by atoms with Crippen LogP contribution in [-0.2, 0) is 0 Å². The third-order valence-electron chi connectivity index (χ3n) is 1.77. The maximum absolute atomic E-state index is 5.96. The predicted molar refractivity (Wildman–Crippen MR) is 57.2 cm³/mol. The molecule has 1 rings (SSSR count). The highest BCUT2D eigenvalue weighted by Gasteiger charge is 2.09. The quantitative estimate of drug-likeness (QED) is 0.753. The molecule has 13 heavy (non-hydrogen) atoms. The second kappa shape index (κ2) is 4.44. The van der Waals surface area contributed by atoms with E-state index >= 15 is 0 Å². The molecule has 1 aromatic heterocycles. The molecule has 0 aromatic carbocycles. The molecule has 2 nitrogen and oxygen atoms in total. The largest absolute Gasteiger partial charge is 0.496 e. The van der Waals surface area contributed by atoms with E-state index in [1.807, 2.05) is 18.4 Å². The van der Waals surface area contributed by atoms with Crippen LogP contribution in [0.15, 0.2) is 23.6 Å². The first-order valence-corrected chi connectivity index (χ1v) is 5.04. The van der Waals surface area contributed by atoms with Crippen LogP contribution >= 0.6 is 11.3 Å². The highest BCUT2D eigenvalue weighted by atomic mass is 32.1. The summed E-state index contributed by atoms with van der Waals surface area (Å²) in [5, 5.41) is 1.97. The number of hydrogen-bond acceptors (Lipinski definition) is 3. The minimum atomic E-state index is 0.0615. The zero-order valence-corrected chi connectivity index (χ0v) is 8.86. The molecule has 2 N–H and O–H groups in total. The lowest BCUT2D eigenvalue weighted by Gasteiger charge is -2.07. The molecule has 0 bridgehead atoms. The zero-order valence-electron chi connectivity index (χ0n) is 8.04. The van der Waals surface area contributed by atoms with Gasteiger partial charge in [0.1, 0.15) is 5.75 Å². The average Bonchev–Trinajstić information content (AvgIpc) is 2.50. The highest BCUT2D eigenvalue weighted by Crippen LogP contribution is 2.28. The molecule has 1 aromatic rings. The summed E-state index contributed by atoms with van der Waals surface area (Å²) in [5.74, 6) is 0.886. The van der Waals surface area contributed by atoms with Crippen molar-refractivity contribution in [2.24, 2.45) is 5.73 Å². The molecule has 72 valence electrons. The summed E-state index contributed by atoms with van der Waals surface area (Å²) in [6, 6.07) is 2.05. The molecule has 0 saturated carbocycles. The number of hydrogen-bond donors (Lipinski definition) is 1. The van der Waals surface area contributed by atoms with Gasteiger partial charge in [0, 0.05) is 16.3 Å². The van der Waals surface area contributed by atoms with Gasteiger partial charge < -0.3 is 10.5 Å². The zero-order chi connectivity index (χ0) is 9.84. The Bertz CT molecular complexity index is 293. The summed E-state index contributed by atoms with van der Waals surface area (Å²) in [6.07, 6.45) is 0.837. The fourth-order valence-electron chi connectivity index (χ4n) is 1.11. The Balaban J connectivity index is 2.65. The van der Waals surface area contributed by atoms with Crippen molar-refractivity contribution in [1.82, 2.24) is 0 Å². The maximum Gasteiger partial charge on any atom is 0.129 e. The van der Waals surface area contributed by atoms with Crippen LogP contribution in [0.4, 0.5) is 0 Å². The van der Waals surface area contributed by atoms with Crippen LogP contribution in [0, 0.1) is 0 Å². The van der Waals surface area contributed by atoms with Crippen LogP contribution in [0.1, 0.15) is 24.3 Å². The van der Waals surface area contributed by atoms with Gasteiger partial charge in [-0.1, -0.05) is 5.57 Å². The molecule has 0 aliphatic rings. The normalized spacial score (nSPS) is 12.5. The van der Waals surface area contributed by atoms with Crippen LogP contribution in [-0.4, -0.2) is 7.11 Å². The van der Waals surface area contributed by atoms with Crippen molar-refractivity contribution >= 4 is 11.3 Å². The van der Waals surface area contributed by atoms with Gasteiger partial charge >= 0.3 is 0 Å². The first-order chi connectivity index (χ1) is 6.13. The fourth-order valence-corrected chi connectivity index (χ4v) is 1.97. The molecule has 3 heteroatoms. The molecular weight excluding hydrogens is 182 g/mol. The topological polar surface area (TPSA) is 35.2 Å². The van der Waals surface area contributed by atoms with Gasteiger partial charge in [-0.15, -0.1) is 17.9 Å². The lowest BCUT2D eigenvalue weighted by molar-refractivity contribution is 0.416. The van der Waals surface area contributed by atoms with Crippen molar-refractivity contribution in [3.63, 3.8) is 0 Å². The first-order valence-electron chi connectivity index (χ1n) is 4.16. The van der Waals surface area contributed by atoms with Gasteiger partial charge in [0.25, 0.3) is 0 Å². The minimum Gasteiger partial charge on any atom is -0.496 e. The van der Waals surface area contributed by atoms with Gasteiger partial charge in [-0.2, -0.15) is 0 Å². The van der Waals surface area contributed by atoms with Gasteiger partial charge in [0.15, 0.2) is 0 Å². The Hall–Kier alpha value is -0.800. The summed E-state index contributed by atoms with van der Waals surface area (Å²) >= 11 is 1.63. The summed E-state index contributed by atoms with van der Waals surface area (Å²) < 4.78 is 5.08. The van der Waals surface area contributed by atoms with E-state index in [0.717, 1.165) is 22.6 Å². The molecule has 1 heterocycles. The van der Waals surface area contributed by atoms with Gasteiger partial charge in [0.05, 0.1) is 7.11 Å². The lowest BCUT2D eigenvalue weighted by atomic mass is 10.1. The fraction of sp³-hybridized carbons (Fsp3) is 0.400. The standard InChI is InChI=1S/C10H15NOS/c1-7(2)4-9(11)10-5-8(12-3)6-13-10/h5-6,9H,1,4,11H2,2-3H3. The summed E-state index contributed by atoms with van der Waals surface area (Å²) in [7, 11) is 1.66. The SMILES string of the molecule is C=C(C)CC(N)c1cc(OC)cs1. The molecule has 0 amide bonds. The van der Waals surface area contributed by atoms with E-state index in [1.54, 1.807) is 18.4 Å². The van der Waals surface area contributed by atoms with Crippen molar-refractivity contribution < 1.29 is 4.74 Å². The Morgan fingerprint density at radius 1 is 1.77 bits per heavy atom. The number of nitrogens with two attached hydrogens (primary N) is 1. The summed E-state index contributed by atoms with van der Waals surface area (Å²) in [6.45, 7) is 5.83. The van der Waals surface area contributed by atoms with Crippen molar-refractivity contribution in [1.29, 1.82) is 0 Å². The van der Waals surface area contributed by atoms with E-state index in [-0.39, 0.29) is 6.04 Å². The smallest absolute Gasteiger partial charge is 0.129 e. The van der Waals surface area contributed by atoms with Gasteiger partial charge in [-0.25, -0.2) is 0 Å². The molecule has 0 fully saturated rings. The van der Waals surface area contributed by atoms with Gasteiger partial charge in [-0.3, -0.25) is 0 Å². The van der Waals surface area contributed by atoms with E-state index in [2.05, 4.69) is 6.58 Å². The number of thiophene rings is 1. The molecule has 0 aliphatic carbocycles. The van der Waals surface area contributed by atoms with Gasteiger partial charge in [-0.05, 0) is 19.4 Å². The van der Waals surface area contributed by atoms with E-state index < -0.39 is 0 Å². The van der Waals surface area contributed by atoms with Gasteiger partial charge in [0.2, 0.25) is 0 Å². The second-order valence-electron chi connectivity index (χ2n) is 3.16. The Morgan fingerprint density at radius 3 is 2.92 bits per heavy atom. The van der Waals surface area contributed by atoms with Crippen molar-refractivity contribution in [2.45, 2.75) is 19.4 Å². The van der Waals surface area contributed by atoms with Crippen LogP contribution in [0.3, 0.4) is 0 Å².